The van der Waals surface area contributed by atoms with E-state index in [9.17, 15) is 4.79 Å². The molecule has 7 heteroatoms. The zero-order valence-electron chi connectivity index (χ0n) is 13.0. The molecule has 126 valence electrons. The van der Waals surface area contributed by atoms with Crippen molar-refractivity contribution in [3.63, 3.8) is 0 Å². The minimum atomic E-state index is -0.145. The molecule has 0 spiro atoms. The third kappa shape index (κ3) is 3.18. The van der Waals surface area contributed by atoms with Crippen molar-refractivity contribution >= 4 is 17.2 Å². The summed E-state index contributed by atoms with van der Waals surface area (Å²) in [6.45, 7) is 2.28. The van der Waals surface area contributed by atoms with E-state index in [4.69, 9.17) is 18.9 Å². The third-order valence-electron chi connectivity index (χ3n) is 3.94. The van der Waals surface area contributed by atoms with E-state index in [0.717, 1.165) is 10.6 Å². The molecule has 1 saturated heterocycles. The molecular weight excluding hydrogens is 330 g/mol. The van der Waals surface area contributed by atoms with Gasteiger partial charge in [-0.2, -0.15) is 0 Å². The average molecular weight is 347 g/mol. The van der Waals surface area contributed by atoms with Crippen LogP contribution < -0.4 is 14.2 Å². The Balaban J connectivity index is 1.34. The molecule has 2 aliphatic heterocycles. The van der Waals surface area contributed by atoms with Gasteiger partial charge in [-0.05, 0) is 23.6 Å². The number of hydrogen-bond donors (Lipinski definition) is 0. The van der Waals surface area contributed by atoms with E-state index in [1.54, 1.807) is 6.07 Å². The summed E-state index contributed by atoms with van der Waals surface area (Å²) < 4.78 is 22.1. The van der Waals surface area contributed by atoms with Crippen molar-refractivity contribution in [1.29, 1.82) is 0 Å². The molecule has 1 unspecified atom stereocenters. The molecule has 3 heterocycles. The Morgan fingerprint density at radius 1 is 1.29 bits per heavy atom. The van der Waals surface area contributed by atoms with Gasteiger partial charge in [-0.1, -0.05) is 6.07 Å². The van der Waals surface area contributed by atoms with Gasteiger partial charge in [-0.15, -0.1) is 11.3 Å². The maximum absolute atomic E-state index is 12.4. The normalized spacial score (nSPS) is 19.3. The van der Waals surface area contributed by atoms with Crippen molar-refractivity contribution in [1.82, 2.24) is 4.90 Å². The van der Waals surface area contributed by atoms with Crippen LogP contribution in [0.15, 0.2) is 35.7 Å². The van der Waals surface area contributed by atoms with Crippen LogP contribution in [0.25, 0.3) is 0 Å². The van der Waals surface area contributed by atoms with Crippen LogP contribution in [-0.4, -0.2) is 50.0 Å². The Bertz CT molecular complexity index is 718. The molecule has 1 aromatic heterocycles. The molecule has 0 bridgehead atoms. The fraction of sp³-hybridized carbons (Fsp3) is 0.353. The molecular formula is C17H17NO5S. The van der Waals surface area contributed by atoms with Gasteiger partial charge in [0, 0.05) is 12.6 Å². The fourth-order valence-electron chi connectivity index (χ4n) is 2.72. The van der Waals surface area contributed by atoms with Crippen molar-refractivity contribution in [2.24, 2.45) is 0 Å². The lowest BCUT2D eigenvalue weighted by Crippen LogP contribution is -2.47. The van der Waals surface area contributed by atoms with Crippen molar-refractivity contribution in [2.75, 3.05) is 33.1 Å². The highest BCUT2D eigenvalue weighted by atomic mass is 32.1. The number of ether oxygens (including phenoxy) is 4. The Morgan fingerprint density at radius 2 is 2.21 bits per heavy atom. The number of carbonyl (C=O) groups is 1. The van der Waals surface area contributed by atoms with Gasteiger partial charge in [0.05, 0.1) is 18.0 Å². The van der Waals surface area contributed by atoms with Gasteiger partial charge in [0.1, 0.15) is 18.5 Å². The van der Waals surface area contributed by atoms with E-state index >= 15 is 0 Å². The summed E-state index contributed by atoms with van der Waals surface area (Å²) in [6.07, 6.45) is -0.145. The predicted molar refractivity (Wildman–Crippen MR) is 88.0 cm³/mol. The van der Waals surface area contributed by atoms with E-state index in [1.165, 1.54) is 11.3 Å². The lowest BCUT2D eigenvalue weighted by atomic mass is 10.2. The quantitative estimate of drug-likeness (QED) is 0.850. The van der Waals surface area contributed by atoms with Crippen LogP contribution in [0.4, 0.5) is 0 Å². The van der Waals surface area contributed by atoms with E-state index in [1.807, 2.05) is 34.5 Å². The number of amides is 1. The van der Waals surface area contributed by atoms with Gasteiger partial charge >= 0.3 is 0 Å². The summed E-state index contributed by atoms with van der Waals surface area (Å²) in [7, 11) is 0. The van der Waals surface area contributed by atoms with Crippen molar-refractivity contribution < 1.29 is 23.7 Å². The Hall–Kier alpha value is -2.25. The number of carbonyl (C=O) groups excluding carboxylic acids is 1. The summed E-state index contributed by atoms with van der Waals surface area (Å²) in [4.78, 5) is 15.0. The van der Waals surface area contributed by atoms with Gasteiger partial charge in [0.2, 0.25) is 6.79 Å². The monoisotopic (exact) mass is 347 g/mol. The van der Waals surface area contributed by atoms with E-state index in [0.29, 0.717) is 37.8 Å². The van der Waals surface area contributed by atoms with E-state index in [2.05, 4.69) is 0 Å². The molecule has 0 radical (unpaired) electrons. The summed E-state index contributed by atoms with van der Waals surface area (Å²) in [5, 5.41) is 1.91. The number of thiophene rings is 1. The highest BCUT2D eigenvalue weighted by Crippen LogP contribution is 2.35. The number of fused-ring (bicyclic) bond motifs is 1. The molecule has 2 aliphatic rings. The van der Waals surface area contributed by atoms with Crippen LogP contribution >= 0.6 is 11.3 Å². The summed E-state index contributed by atoms with van der Waals surface area (Å²) in [6, 6.07) is 9.20. The van der Waals surface area contributed by atoms with Crippen molar-refractivity contribution in [2.45, 2.75) is 6.10 Å². The number of benzene rings is 1. The van der Waals surface area contributed by atoms with E-state index < -0.39 is 0 Å². The average Bonchev–Trinajstić information content (AvgIpc) is 3.30. The molecule has 24 heavy (non-hydrogen) atoms. The van der Waals surface area contributed by atoms with Crippen LogP contribution in [-0.2, 0) is 4.74 Å². The lowest BCUT2D eigenvalue weighted by molar-refractivity contribution is -0.0400. The zero-order chi connectivity index (χ0) is 16.4. The summed E-state index contributed by atoms with van der Waals surface area (Å²) in [5.74, 6) is 2.17. The Kier molecular flexibility index (Phi) is 4.27. The van der Waals surface area contributed by atoms with Gasteiger partial charge in [-0.25, -0.2) is 0 Å². The summed E-state index contributed by atoms with van der Waals surface area (Å²) >= 11 is 1.46. The molecule has 1 aromatic carbocycles. The third-order valence-corrected chi connectivity index (χ3v) is 4.80. The first-order valence-electron chi connectivity index (χ1n) is 7.76. The molecule has 0 N–H and O–H groups in total. The van der Waals surface area contributed by atoms with Gasteiger partial charge in [-0.3, -0.25) is 4.79 Å². The Morgan fingerprint density at radius 3 is 3.08 bits per heavy atom. The molecule has 1 amide bonds. The maximum atomic E-state index is 12.4. The van der Waals surface area contributed by atoms with Gasteiger partial charge in [0.25, 0.3) is 5.91 Å². The minimum absolute atomic E-state index is 0.0568. The molecule has 6 nitrogen and oxygen atoms in total. The smallest absolute Gasteiger partial charge is 0.264 e. The van der Waals surface area contributed by atoms with Gasteiger partial charge < -0.3 is 23.8 Å². The summed E-state index contributed by atoms with van der Waals surface area (Å²) in [5.41, 5.74) is 0. The highest BCUT2D eigenvalue weighted by molar-refractivity contribution is 7.12. The largest absolute Gasteiger partial charge is 0.491 e. The van der Waals surface area contributed by atoms with E-state index in [-0.39, 0.29) is 18.8 Å². The first-order chi connectivity index (χ1) is 11.8. The molecule has 1 fully saturated rings. The molecule has 0 aliphatic carbocycles. The number of hydrogen-bond acceptors (Lipinski definition) is 6. The minimum Gasteiger partial charge on any atom is -0.491 e. The molecule has 4 rings (SSSR count). The topological polar surface area (TPSA) is 57.2 Å². The first kappa shape index (κ1) is 15.3. The van der Waals surface area contributed by atoms with Crippen LogP contribution in [0.3, 0.4) is 0 Å². The Labute approximate surface area is 143 Å². The molecule has 0 saturated carbocycles. The second-order valence-electron chi connectivity index (χ2n) is 5.55. The fourth-order valence-corrected chi connectivity index (χ4v) is 3.41. The number of nitrogens with zero attached hydrogens (tertiary/aromatic N) is 1. The van der Waals surface area contributed by atoms with Crippen LogP contribution in [0.2, 0.25) is 0 Å². The molecule has 2 aromatic rings. The molecule has 1 atom stereocenters. The van der Waals surface area contributed by atoms with Crippen molar-refractivity contribution in [3.8, 4) is 17.2 Å². The van der Waals surface area contributed by atoms with Crippen LogP contribution in [0.1, 0.15) is 9.67 Å². The lowest BCUT2D eigenvalue weighted by Gasteiger charge is -2.32. The zero-order valence-corrected chi connectivity index (χ0v) is 13.8. The highest BCUT2D eigenvalue weighted by Gasteiger charge is 2.26. The van der Waals surface area contributed by atoms with Crippen LogP contribution in [0.5, 0.6) is 17.2 Å². The maximum Gasteiger partial charge on any atom is 0.264 e. The van der Waals surface area contributed by atoms with Crippen molar-refractivity contribution in [3.05, 3.63) is 40.6 Å². The predicted octanol–water partition coefficient (Wildman–Crippen LogP) is 2.40. The van der Waals surface area contributed by atoms with Gasteiger partial charge in [0.15, 0.2) is 11.5 Å². The first-order valence-corrected chi connectivity index (χ1v) is 8.64. The SMILES string of the molecule is O=C(c1cccs1)N1CCOC(COc2ccc3c(c2)OCO3)C1. The second-order valence-corrected chi connectivity index (χ2v) is 6.50. The number of morpholine rings is 1. The number of rotatable bonds is 4. The standard InChI is InChI=1S/C17H17NO5S/c19-17(16-2-1-7-24-16)18-5-6-20-13(9-18)10-21-12-3-4-14-15(8-12)23-11-22-14/h1-4,7-8,13H,5-6,9-11H2. The van der Waals surface area contributed by atoms with Crippen LogP contribution in [0, 0.1) is 0 Å². The second kappa shape index (κ2) is 6.70.